The molecular weight excluding hydrogens is 354 g/mol. The first-order valence-corrected chi connectivity index (χ1v) is 8.76. The van der Waals surface area contributed by atoms with E-state index in [4.69, 9.17) is 10.5 Å². The van der Waals surface area contributed by atoms with Crippen LogP contribution in [0.2, 0.25) is 0 Å². The van der Waals surface area contributed by atoms with Crippen molar-refractivity contribution in [2.45, 2.75) is 13.5 Å². The summed E-state index contributed by atoms with van der Waals surface area (Å²) >= 11 is 0. The summed E-state index contributed by atoms with van der Waals surface area (Å²) in [5.41, 5.74) is 8.95. The Morgan fingerprint density at radius 3 is 2.29 bits per heavy atom. The highest BCUT2D eigenvalue weighted by Gasteiger charge is 2.09. The van der Waals surface area contributed by atoms with Crippen molar-refractivity contribution < 1.29 is 14.3 Å². The van der Waals surface area contributed by atoms with Gasteiger partial charge in [-0.1, -0.05) is 36.4 Å². The topological polar surface area (TPSA) is 93.4 Å². The number of nitrogens with two attached hydrogens (primary N) is 1. The van der Waals surface area contributed by atoms with Crippen molar-refractivity contribution >= 4 is 23.3 Å². The van der Waals surface area contributed by atoms with E-state index in [1.54, 1.807) is 30.3 Å². The fraction of sp³-hybridized carbons (Fsp3) is 0.0909. The number of anilines is 2. The van der Waals surface area contributed by atoms with Crippen molar-refractivity contribution in [3.8, 4) is 5.75 Å². The maximum absolute atomic E-state index is 12.2. The molecule has 4 N–H and O–H groups in total. The molecule has 0 bridgehead atoms. The van der Waals surface area contributed by atoms with Gasteiger partial charge in [0.2, 0.25) is 0 Å². The third kappa shape index (κ3) is 5.11. The molecule has 0 radical (unpaired) electrons. The quantitative estimate of drug-likeness (QED) is 0.599. The smallest absolute Gasteiger partial charge is 0.323 e. The predicted molar refractivity (Wildman–Crippen MR) is 110 cm³/mol. The summed E-state index contributed by atoms with van der Waals surface area (Å²) in [6.07, 6.45) is 0. The minimum atomic E-state index is -0.543. The Bertz CT molecular complexity index is 1000. The monoisotopic (exact) mass is 375 g/mol. The Morgan fingerprint density at radius 1 is 0.893 bits per heavy atom. The molecule has 28 heavy (non-hydrogen) atoms. The second kappa shape index (κ2) is 8.73. The zero-order valence-electron chi connectivity index (χ0n) is 15.4. The van der Waals surface area contributed by atoms with E-state index in [2.05, 4.69) is 10.6 Å². The summed E-state index contributed by atoms with van der Waals surface area (Å²) in [6.45, 7) is 2.20. The van der Waals surface area contributed by atoms with Crippen LogP contribution in [0.3, 0.4) is 0 Å². The van der Waals surface area contributed by atoms with Gasteiger partial charge >= 0.3 is 6.03 Å². The van der Waals surface area contributed by atoms with E-state index >= 15 is 0 Å². The number of amides is 3. The average Bonchev–Trinajstić information content (AvgIpc) is 2.66. The van der Waals surface area contributed by atoms with Crippen LogP contribution in [0, 0.1) is 6.92 Å². The number of hydrogen-bond donors (Lipinski definition) is 3. The van der Waals surface area contributed by atoms with Crippen LogP contribution in [0.5, 0.6) is 5.75 Å². The lowest BCUT2D eigenvalue weighted by Crippen LogP contribution is -2.19. The van der Waals surface area contributed by atoms with Gasteiger partial charge in [0.25, 0.3) is 5.91 Å². The van der Waals surface area contributed by atoms with E-state index in [0.717, 1.165) is 16.8 Å². The summed E-state index contributed by atoms with van der Waals surface area (Å²) in [5.74, 6) is -0.121. The first-order chi connectivity index (χ1) is 13.5. The van der Waals surface area contributed by atoms with Crippen LogP contribution in [-0.4, -0.2) is 11.9 Å². The van der Waals surface area contributed by atoms with Gasteiger partial charge < -0.3 is 21.1 Å². The fourth-order valence-corrected chi connectivity index (χ4v) is 2.71. The van der Waals surface area contributed by atoms with Crippen molar-refractivity contribution in [1.29, 1.82) is 0 Å². The highest BCUT2D eigenvalue weighted by Crippen LogP contribution is 2.20. The zero-order chi connectivity index (χ0) is 19.9. The van der Waals surface area contributed by atoms with Crippen LogP contribution in [0.25, 0.3) is 0 Å². The van der Waals surface area contributed by atoms with Crippen LogP contribution in [0.1, 0.15) is 21.5 Å². The molecule has 0 aliphatic rings. The maximum Gasteiger partial charge on any atom is 0.323 e. The molecule has 0 aliphatic heterocycles. The molecule has 0 saturated heterocycles. The van der Waals surface area contributed by atoms with Crippen molar-refractivity contribution in [2.75, 3.05) is 10.6 Å². The van der Waals surface area contributed by atoms with Gasteiger partial charge in [0, 0.05) is 11.4 Å². The molecule has 142 valence electrons. The van der Waals surface area contributed by atoms with Crippen molar-refractivity contribution in [3.63, 3.8) is 0 Å². The zero-order valence-corrected chi connectivity index (χ0v) is 15.4. The lowest BCUT2D eigenvalue weighted by atomic mass is 10.2. The lowest BCUT2D eigenvalue weighted by molar-refractivity contribution is 0.0996. The first kappa shape index (κ1) is 19.0. The molecule has 0 aromatic heterocycles. The van der Waals surface area contributed by atoms with E-state index in [-0.39, 0.29) is 12.6 Å². The Morgan fingerprint density at radius 2 is 1.57 bits per heavy atom. The number of rotatable bonds is 6. The highest BCUT2D eigenvalue weighted by atomic mass is 16.5. The number of nitrogens with one attached hydrogen (secondary N) is 2. The minimum Gasteiger partial charge on any atom is -0.488 e. The van der Waals surface area contributed by atoms with Crippen LogP contribution in [0.4, 0.5) is 16.2 Å². The number of aryl methyl sites for hydroxylation is 1. The van der Waals surface area contributed by atoms with Gasteiger partial charge in [-0.15, -0.1) is 0 Å². The molecule has 0 aliphatic carbocycles. The van der Waals surface area contributed by atoms with Crippen LogP contribution in [0.15, 0.2) is 72.8 Å². The van der Waals surface area contributed by atoms with Crippen LogP contribution in [-0.2, 0) is 6.61 Å². The minimum absolute atomic E-state index is 0.235. The molecular formula is C22H21N3O3. The molecule has 0 spiro atoms. The number of para-hydroxylation sites is 1. The van der Waals surface area contributed by atoms with E-state index in [1.165, 1.54) is 0 Å². The molecule has 6 heteroatoms. The number of primary amides is 1. The standard InChI is InChI=1S/C22H21N3O3/c1-15-6-4-8-17(12-15)24-22(27)25-18-9-5-7-16(13-18)14-28-20-11-3-2-10-19(20)21(23)26/h2-13H,14H2,1H3,(H2,23,26)(H2,24,25,27). The van der Waals surface area contributed by atoms with Crippen LogP contribution < -0.4 is 21.1 Å². The SMILES string of the molecule is Cc1cccc(NC(=O)Nc2cccc(COc3ccccc3C(N)=O)c2)c1. The van der Waals surface area contributed by atoms with Gasteiger partial charge in [0.15, 0.2) is 0 Å². The number of carbonyl (C=O) groups excluding carboxylic acids is 2. The number of hydrogen-bond acceptors (Lipinski definition) is 3. The Labute approximate surface area is 163 Å². The molecule has 0 saturated carbocycles. The maximum atomic E-state index is 12.2. The van der Waals surface area contributed by atoms with Gasteiger partial charge in [-0.05, 0) is 54.4 Å². The Kier molecular flexibility index (Phi) is 5.91. The van der Waals surface area contributed by atoms with E-state index < -0.39 is 5.91 Å². The molecule has 0 fully saturated rings. The number of carbonyl (C=O) groups is 2. The summed E-state index contributed by atoms with van der Waals surface area (Å²) in [6, 6.07) is 21.3. The van der Waals surface area contributed by atoms with Crippen molar-refractivity contribution in [2.24, 2.45) is 5.73 Å². The number of ether oxygens (including phenoxy) is 1. The highest BCUT2D eigenvalue weighted by molar-refractivity contribution is 5.99. The summed E-state index contributed by atoms with van der Waals surface area (Å²) < 4.78 is 5.72. The second-order valence-electron chi connectivity index (χ2n) is 6.30. The van der Waals surface area contributed by atoms with Gasteiger partial charge in [0.1, 0.15) is 12.4 Å². The average molecular weight is 375 g/mol. The van der Waals surface area contributed by atoms with E-state index in [9.17, 15) is 9.59 Å². The third-order valence-corrected chi connectivity index (χ3v) is 4.01. The largest absolute Gasteiger partial charge is 0.488 e. The first-order valence-electron chi connectivity index (χ1n) is 8.76. The molecule has 0 atom stereocenters. The molecule has 3 amide bonds. The van der Waals surface area contributed by atoms with Crippen molar-refractivity contribution in [3.05, 3.63) is 89.5 Å². The Hall–Kier alpha value is -3.80. The lowest BCUT2D eigenvalue weighted by Gasteiger charge is -2.11. The third-order valence-electron chi connectivity index (χ3n) is 4.01. The summed E-state index contributed by atoms with van der Waals surface area (Å²) in [4.78, 5) is 23.7. The van der Waals surface area contributed by atoms with Crippen molar-refractivity contribution in [1.82, 2.24) is 0 Å². The predicted octanol–water partition coefficient (Wildman–Crippen LogP) is 4.32. The van der Waals surface area contributed by atoms with E-state index in [1.807, 2.05) is 49.4 Å². The molecule has 0 heterocycles. The molecule has 0 unspecified atom stereocenters. The van der Waals surface area contributed by atoms with Gasteiger partial charge in [0.05, 0.1) is 5.56 Å². The molecule has 3 aromatic carbocycles. The number of urea groups is 1. The summed E-state index contributed by atoms with van der Waals surface area (Å²) in [5, 5.41) is 5.59. The fourth-order valence-electron chi connectivity index (χ4n) is 2.71. The van der Waals surface area contributed by atoms with Gasteiger partial charge in [-0.25, -0.2) is 4.79 Å². The Balaban J connectivity index is 1.62. The molecule has 3 rings (SSSR count). The van der Waals surface area contributed by atoms with Gasteiger partial charge in [-0.2, -0.15) is 0 Å². The summed E-state index contributed by atoms with van der Waals surface area (Å²) in [7, 11) is 0. The normalized spacial score (nSPS) is 10.2. The molecule has 3 aromatic rings. The van der Waals surface area contributed by atoms with Gasteiger partial charge in [-0.3, -0.25) is 4.79 Å². The molecule has 6 nitrogen and oxygen atoms in total. The number of benzene rings is 3. The second-order valence-corrected chi connectivity index (χ2v) is 6.30. The van der Waals surface area contributed by atoms with E-state index in [0.29, 0.717) is 17.0 Å². The van der Waals surface area contributed by atoms with Crippen LogP contribution >= 0.6 is 0 Å².